The van der Waals surface area contributed by atoms with Crippen LogP contribution < -0.4 is 10.6 Å². The summed E-state index contributed by atoms with van der Waals surface area (Å²) < 4.78 is 0. The summed E-state index contributed by atoms with van der Waals surface area (Å²) in [4.78, 5) is 59.2. The Bertz CT molecular complexity index is 1180. The molecule has 0 bridgehead atoms. The number of carboxylic acid groups (broad SMARTS) is 1. The average molecular weight is 628 g/mol. The second-order valence-electron chi connectivity index (χ2n) is 14.9. The fraction of sp³-hybridized carbons (Fsp3) is 0.714. The lowest BCUT2D eigenvalue weighted by atomic mass is 9.76. The van der Waals surface area contributed by atoms with Gasteiger partial charge in [-0.2, -0.15) is 0 Å². The molecule has 2 saturated heterocycles. The first-order valence-corrected chi connectivity index (χ1v) is 16.6. The highest BCUT2D eigenvalue weighted by molar-refractivity contribution is 5.91. The molecule has 0 aliphatic carbocycles. The van der Waals surface area contributed by atoms with E-state index in [9.17, 15) is 24.3 Å². The second-order valence-corrected chi connectivity index (χ2v) is 14.9. The van der Waals surface area contributed by atoms with Crippen LogP contribution >= 0.6 is 0 Å². The van der Waals surface area contributed by atoms with Crippen molar-refractivity contribution < 1.29 is 24.3 Å². The molecule has 2 heterocycles. The number of rotatable bonds is 12. The average Bonchev–Trinajstić information content (AvgIpc) is 3.48. The summed E-state index contributed by atoms with van der Waals surface area (Å²) in [6.07, 6.45) is 3.70. The lowest BCUT2D eigenvalue weighted by Gasteiger charge is -2.44. The standard InChI is InChI=1S/C35H57N5O5/c1-23(2)27(22-39-20-14-13-18-25(39)31(42)40-21-15-19-26(40)33(44)45)38(9)32(43)29(34(3,4)5)37-30(41)28(36-8)35(6,7)24-16-11-10-12-17-24/h10-12,16-17,23,25-29,36H,13-15,18-22H2,1-9H3,(H,37,41)(H,44,45)/t25-,26-,27+,28?,29+/m0/s1. The minimum atomic E-state index is -0.948. The van der Waals surface area contributed by atoms with Crippen LogP contribution in [0.1, 0.15) is 86.1 Å². The molecule has 2 fully saturated rings. The van der Waals surface area contributed by atoms with Gasteiger partial charge in [0.15, 0.2) is 0 Å². The van der Waals surface area contributed by atoms with Crippen LogP contribution in [0.25, 0.3) is 0 Å². The number of likely N-dealkylation sites (tertiary alicyclic amines) is 2. The first-order chi connectivity index (χ1) is 21.0. The molecule has 10 heteroatoms. The van der Waals surface area contributed by atoms with Gasteiger partial charge in [0.1, 0.15) is 12.1 Å². The molecule has 45 heavy (non-hydrogen) atoms. The number of nitrogens with one attached hydrogen (secondary N) is 2. The maximum atomic E-state index is 14.3. The number of likely N-dealkylation sites (N-methyl/N-ethyl adjacent to an activating group) is 2. The molecular weight excluding hydrogens is 570 g/mol. The molecule has 3 amide bonds. The zero-order chi connectivity index (χ0) is 33.7. The second kappa shape index (κ2) is 15.1. The van der Waals surface area contributed by atoms with Gasteiger partial charge in [0.2, 0.25) is 17.7 Å². The quantitative estimate of drug-likeness (QED) is 0.324. The van der Waals surface area contributed by atoms with Gasteiger partial charge in [0.25, 0.3) is 0 Å². The lowest BCUT2D eigenvalue weighted by molar-refractivity contribution is -0.151. The third-order valence-corrected chi connectivity index (χ3v) is 9.95. The van der Waals surface area contributed by atoms with E-state index >= 15 is 0 Å². The fourth-order valence-electron chi connectivity index (χ4n) is 7.08. The van der Waals surface area contributed by atoms with Crippen molar-refractivity contribution in [3.63, 3.8) is 0 Å². The van der Waals surface area contributed by atoms with Crippen LogP contribution in [0.3, 0.4) is 0 Å². The maximum Gasteiger partial charge on any atom is 0.326 e. The summed E-state index contributed by atoms with van der Waals surface area (Å²) in [7, 11) is 3.56. The molecule has 2 aliphatic rings. The molecule has 3 rings (SSSR count). The number of carboxylic acids is 1. The molecule has 0 radical (unpaired) electrons. The van der Waals surface area contributed by atoms with Crippen LogP contribution in [0.2, 0.25) is 0 Å². The van der Waals surface area contributed by atoms with E-state index in [1.165, 1.54) is 0 Å². The van der Waals surface area contributed by atoms with Gasteiger partial charge in [-0.05, 0) is 56.2 Å². The van der Waals surface area contributed by atoms with Crippen LogP contribution in [0.4, 0.5) is 0 Å². The maximum absolute atomic E-state index is 14.3. The highest BCUT2D eigenvalue weighted by Gasteiger charge is 2.44. The van der Waals surface area contributed by atoms with E-state index in [0.717, 1.165) is 18.4 Å². The first-order valence-electron chi connectivity index (χ1n) is 16.6. The highest BCUT2D eigenvalue weighted by Crippen LogP contribution is 2.30. The molecule has 252 valence electrons. The van der Waals surface area contributed by atoms with Crippen LogP contribution in [-0.4, -0.2) is 107 Å². The highest BCUT2D eigenvalue weighted by atomic mass is 16.4. The summed E-state index contributed by atoms with van der Waals surface area (Å²) in [5, 5.41) is 16.0. The zero-order valence-corrected chi connectivity index (χ0v) is 28.9. The topological polar surface area (TPSA) is 122 Å². The van der Waals surface area contributed by atoms with Gasteiger partial charge in [-0.1, -0.05) is 85.2 Å². The summed E-state index contributed by atoms with van der Waals surface area (Å²) in [5.41, 5.74) is -0.0875. The van der Waals surface area contributed by atoms with Crippen molar-refractivity contribution >= 4 is 23.7 Å². The van der Waals surface area contributed by atoms with Crippen molar-refractivity contribution in [3.05, 3.63) is 35.9 Å². The summed E-state index contributed by atoms with van der Waals surface area (Å²) >= 11 is 0. The Balaban J connectivity index is 1.82. The van der Waals surface area contributed by atoms with Gasteiger partial charge in [-0.15, -0.1) is 0 Å². The Kier molecular flexibility index (Phi) is 12.2. The molecule has 1 aromatic carbocycles. The number of amides is 3. The zero-order valence-electron chi connectivity index (χ0n) is 28.9. The molecule has 1 unspecified atom stereocenters. The van der Waals surface area contributed by atoms with E-state index in [4.69, 9.17) is 0 Å². The predicted octanol–water partition coefficient (Wildman–Crippen LogP) is 3.50. The van der Waals surface area contributed by atoms with Gasteiger partial charge in [0.05, 0.1) is 12.1 Å². The minimum Gasteiger partial charge on any atom is -0.480 e. The number of nitrogens with zero attached hydrogens (tertiary/aromatic N) is 3. The molecule has 3 N–H and O–H groups in total. The summed E-state index contributed by atoms with van der Waals surface area (Å²) in [6.45, 7) is 15.7. The molecule has 0 spiro atoms. The number of carbonyl (C=O) groups excluding carboxylic acids is 3. The Morgan fingerprint density at radius 1 is 0.933 bits per heavy atom. The summed E-state index contributed by atoms with van der Waals surface area (Å²) in [6, 6.07) is 7.13. The number of hydrogen-bond acceptors (Lipinski definition) is 6. The first kappa shape index (κ1) is 36.5. The van der Waals surface area contributed by atoms with Gasteiger partial charge in [-0.3, -0.25) is 19.3 Å². The van der Waals surface area contributed by atoms with Gasteiger partial charge in [-0.25, -0.2) is 4.79 Å². The van der Waals surface area contributed by atoms with Crippen molar-refractivity contribution in [2.75, 3.05) is 33.7 Å². The summed E-state index contributed by atoms with van der Waals surface area (Å²) in [5.74, 6) is -1.40. The van der Waals surface area contributed by atoms with Gasteiger partial charge >= 0.3 is 5.97 Å². The van der Waals surface area contributed by atoms with E-state index < -0.39 is 41.0 Å². The number of hydrogen-bond donors (Lipinski definition) is 3. The molecule has 10 nitrogen and oxygen atoms in total. The lowest BCUT2D eigenvalue weighted by Crippen LogP contribution is -2.63. The van der Waals surface area contributed by atoms with E-state index in [2.05, 4.69) is 29.4 Å². The van der Waals surface area contributed by atoms with Crippen molar-refractivity contribution in [1.82, 2.24) is 25.3 Å². The molecular formula is C35H57N5O5. The van der Waals surface area contributed by atoms with Gasteiger partial charge < -0.3 is 25.5 Å². The van der Waals surface area contributed by atoms with Crippen molar-refractivity contribution in [2.45, 2.75) is 116 Å². The van der Waals surface area contributed by atoms with E-state index in [-0.39, 0.29) is 29.7 Å². The molecule has 0 saturated carbocycles. The third kappa shape index (κ3) is 8.44. The third-order valence-electron chi connectivity index (χ3n) is 9.95. The number of carbonyl (C=O) groups is 4. The van der Waals surface area contributed by atoms with Crippen molar-refractivity contribution in [3.8, 4) is 0 Å². The molecule has 5 atom stereocenters. The van der Waals surface area contributed by atoms with Crippen LogP contribution in [-0.2, 0) is 24.6 Å². The minimum absolute atomic E-state index is 0.0774. The Morgan fingerprint density at radius 2 is 1.56 bits per heavy atom. The number of benzene rings is 1. The van der Waals surface area contributed by atoms with Crippen LogP contribution in [0.5, 0.6) is 0 Å². The Hall–Kier alpha value is -2.98. The van der Waals surface area contributed by atoms with Crippen molar-refractivity contribution in [1.29, 1.82) is 0 Å². The SMILES string of the molecule is CNC(C(=O)N[C@H](C(=O)N(C)[C@H](CN1CCCC[C@H]1C(=O)N1CCC[C@H]1C(=O)O)C(C)C)C(C)(C)C)C(C)(C)c1ccccc1. The smallest absolute Gasteiger partial charge is 0.326 e. The normalized spacial score (nSPS) is 21.7. The monoisotopic (exact) mass is 627 g/mol. The largest absolute Gasteiger partial charge is 0.480 e. The molecule has 0 aromatic heterocycles. The molecule has 1 aromatic rings. The van der Waals surface area contributed by atoms with Crippen LogP contribution in [0.15, 0.2) is 30.3 Å². The predicted molar refractivity (Wildman–Crippen MR) is 177 cm³/mol. The van der Waals surface area contributed by atoms with Gasteiger partial charge in [0, 0.05) is 31.6 Å². The number of aliphatic carboxylic acids is 1. The van der Waals surface area contributed by atoms with Crippen molar-refractivity contribution in [2.24, 2.45) is 11.3 Å². The van der Waals surface area contributed by atoms with Crippen LogP contribution in [0, 0.1) is 11.3 Å². The Morgan fingerprint density at radius 3 is 2.11 bits per heavy atom. The van der Waals surface area contributed by atoms with E-state index in [0.29, 0.717) is 38.9 Å². The Labute approximate surface area is 270 Å². The van der Waals surface area contributed by atoms with E-state index in [1.807, 2.05) is 65.0 Å². The molecule has 2 aliphatic heterocycles. The van der Waals surface area contributed by atoms with E-state index in [1.54, 1.807) is 23.9 Å². The number of piperidine rings is 1. The fourth-order valence-corrected chi connectivity index (χ4v) is 7.08.